The van der Waals surface area contributed by atoms with E-state index < -0.39 is 0 Å². The molecule has 0 spiro atoms. The maximum absolute atomic E-state index is 6.26. The number of rotatable bonds is 3. The average Bonchev–Trinajstić information content (AvgIpc) is 2.30. The Morgan fingerprint density at radius 2 is 2.12 bits per heavy atom. The zero-order chi connectivity index (χ0) is 11.4. The smallest absolute Gasteiger partial charge is 0.0469 e. The predicted octanol–water partition coefficient (Wildman–Crippen LogP) is 2.75. The minimum absolute atomic E-state index is 0.262. The van der Waals surface area contributed by atoms with Crippen LogP contribution in [0.15, 0.2) is 28.7 Å². The van der Waals surface area contributed by atoms with Crippen LogP contribution in [0.3, 0.4) is 0 Å². The van der Waals surface area contributed by atoms with Gasteiger partial charge in [0.15, 0.2) is 0 Å². The number of hydrogen-bond donors (Lipinski definition) is 1. The van der Waals surface area contributed by atoms with E-state index in [9.17, 15) is 0 Å². The van der Waals surface area contributed by atoms with Gasteiger partial charge in [-0.25, -0.2) is 0 Å². The van der Waals surface area contributed by atoms with E-state index in [1.54, 1.807) is 0 Å². The Labute approximate surface area is 105 Å². The molecule has 0 bridgehead atoms. The Bertz CT molecular complexity index is 336. The lowest BCUT2D eigenvalue weighted by Crippen LogP contribution is -2.36. The largest absolute Gasteiger partial charge is 0.381 e. The molecule has 1 unspecified atom stereocenters. The summed E-state index contributed by atoms with van der Waals surface area (Å²) in [7, 11) is 0. The Kier molecular flexibility index (Phi) is 4.38. The van der Waals surface area contributed by atoms with Crippen LogP contribution in [0.4, 0.5) is 0 Å². The van der Waals surface area contributed by atoms with Gasteiger partial charge in [-0.1, -0.05) is 28.1 Å². The first-order valence-corrected chi connectivity index (χ1v) is 6.63. The van der Waals surface area contributed by atoms with E-state index in [0.717, 1.165) is 36.9 Å². The lowest BCUT2D eigenvalue weighted by Gasteiger charge is -2.27. The van der Waals surface area contributed by atoms with Crippen molar-refractivity contribution in [1.29, 1.82) is 0 Å². The molecule has 0 aliphatic carbocycles. The zero-order valence-corrected chi connectivity index (χ0v) is 10.9. The Morgan fingerprint density at radius 3 is 2.81 bits per heavy atom. The molecule has 1 saturated heterocycles. The van der Waals surface area contributed by atoms with E-state index in [2.05, 4.69) is 34.1 Å². The quantitative estimate of drug-likeness (QED) is 0.926. The molecule has 1 atom stereocenters. The second-order valence-electron chi connectivity index (χ2n) is 4.45. The summed E-state index contributed by atoms with van der Waals surface area (Å²) < 4.78 is 6.49. The van der Waals surface area contributed by atoms with Crippen molar-refractivity contribution in [1.82, 2.24) is 0 Å². The summed E-state index contributed by atoms with van der Waals surface area (Å²) in [6.45, 7) is 1.74. The van der Waals surface area contributed by atoms with Gasteiger partial charge in [0.2, 0.25) is 0 Å². The molecular weight excluding hydrogens is 266 g/mol. The van der Waals surface area contributed by atoms with Crippen molar-refractivity contribution in [3.05, 3.63) is 34.3 Å². The summed E-state index contributed by atoms with van der Waals surface area (Å²) in [5.74, 6) is 0.618. The summed E-state index contributed by atoms with van der Waals surface area (Å²) in [5, 5.41) is 0. The van der Waals surface area contributed by atoms with Gasteiger partial charge in [-0.3, -0.25) is 0 Å². The minimum Gasteiger partial charge on any atom is -0.381 e. The van der Waals surface area contributed by atoms with Crippen molar-refractivity contribution in [2.24, 2.45) is 11.7 Å². The van der Waals surface area contributed by atoms with Crippen molar-refractivity contribution >= 4 is 15.9 Å². The fraction of sp³-hybridized carbons (Fsp3) is 0.538. The Balaban J connectivity index is 1.93. The van der Waals surface area contributed by atoms with Gasteiger partial charge >= 0.3 is 0 Å². The van der Waals surface area contributed by atoms with Crippen molar-refractivity contribution < 1.29 is 4.74 Å². The van der Waals surface area contributed by atoms with Gasteiger partial charge in [0.1, 0.15) is 0 Å². The van der Waals surface area contributed by atoms with Gasteiger partial charge in [0.25, 0.3) is 0 Å². The summed E-state index contributed by atoms with van der Waals surface area (Å²) in [6, 6.07) is 8.67. The Hall–Kier alpha value is -0.380. The molecule has 0 amide bonds. The van der Waals surface area contributed by atoms with Crippen molar-refractivity contribution in [3.63, 3.8) is 0 Å². The highest BCUT2D eigenvalue weighted by molar-refractivity contribution is 9.10. The third-order valence-corrected chi connectivity index (χ3v) is 3.73. The number of benzene rings is 1. The highest BCUT2D eigenvalue weighted by Gasteiger charge is 2.20. The summed E-state index contributed by atoms with van der Waals surface area (Å²) in [5.41, 5.74) is 7.57. The fourth-order valence-corrected chi connectivity index (χ4v) is 2.69. The van der Waals surface area contributed by atoms with Crippen molar-refractivity contribution in [2.45, 2.75) is 25.3 Å². The van der Waals surface area contributed by atoms with Gasteiger partial charge in [-0.2, -0.15) is 0 Å². The van der Waals surface area contributed by atoms with Crippen LogP contribution in [0.1, 0.15) is 18.4 Å². The standard InChI is InChI=1S/C13H18BrNO/c14-12-3-1-2-10(8-12)9-13(15)11-4-6-16-7-5-11/h1-3,8,11,13H,4-7,9,15H2. The topological polar surface area (TPSA) is 35.2 Å². The van der Waals surface area contributed by atoms with Crippen LogP contribution in [0.5, 0.6) is 0 Å². The Morgan fingerprint density at radius 1 is 1.38 bits per heavy atom. The van der Waals surface area contributed by atoms with Crippen molar-refractivity contribution in [2.75, 3.05) is 13.2 Å². The molecule has 16 heavy (non-hydrogen) atoms. The highest BCUT2D eigenvalue weighted by atomic mass is 79.9. The summed E-state index contributed by atoms with van der Waals surface area (Å²) in [4.78, 5) is 0. The van der Waals surface area contributed by atoms with Crippen LogP contribution in [0, 0.1) is 5.92 Å². The molecule has 3 heteroatoms. The molecule has 1 aromatic rings. The normalized spacial score (nSPS) is 19.6. The monoisotopic (exact) mass is 283 g/mol. The van der Waals surface area contributed by atoms with E-state index in [0.29, 0.717) is 5.92 Å². The second kappa shape index (κ2) is 5.80. The van der Waals surface area contributed by atoms with Crippen molar-refractivity contribution in [3.8, 4) is 0 Å². The molecule has 1 aliphatic heterocycles. The first kappa shape index (κ1) is 12.1. The van der Waals surface area contributed by atoms with Crippen LogP contribution in [0.25, 0.3) is 0 Å². The second-order valence-corrected chi connectivity index (χ2v) is 5.36. The number of ether oxygens (including phenoxy) is 1. The predicted molar refractivity (Wildman–Crippen MR) is 69.4 cm³/mol. The molecule has 0 saturated carbocycles. The molecule has 2 nitrogen and oxygen atoms in total. The van der Waals surface area contributed by atoms with Gasteiger partial charge in [-0.05, 0) is 42.9 Å². The minimum atomic E-state index is 0.262. The molecule has 1 heterocycles. The third-order valence-electron chi connectivity index (χ3n) is 3.23. The summed E-state index contributed by atoms with van der Waals surface area (Å²) >= 11 is 3.49. The van der Waals surface area contributed by atoms with Gasteiger partial charge in [-0.15, -0.1) is 0 Å². The van der Waals surface area contributed by atoms with Crippen LogP contribution < -0.4 is 5.73 Å². The number of nitrogens with two attached hydrogens (primary N) is 1. The van der Waals surface area contributed by atoms with Crippen LogP contribution in [0.2, 0.25) is 0 Å². The lowest BCUT2D eigenvalue weighted by atomic mass is 9.88. The van der Waals surface area contributed by atoms with Crippen LogP contribution >= 0.6 is 15.9 Å². The average molecular weight is 284 g/mol. The lowest BCUT2D eigenvalue weighted by molar-refractivity contribution is 0.0585. The third kappa shape index (κ3) is 3.30. The summed E-state index contributed by atoms with van der Waals surface area (Å²) in [6.07, 6.45) is 3.18. The molecule has 1 aromatic carbocycles. The molecule has 0 aromatic heterocycles. The SMILES string of the molecule is NC(Cc1cccc(Br)c1)C1CCOCC1. The maximum Gasteiger partial charge on any atom is 0.0469 e. The van der Waals surface area contributed by atoms with Crippen LogP contribution in [-0.2, 0) is 11.2 Å². The van der Waals surface area contributed by atoms with Gasteiger partial charge in [0, 0.05) is 23.7 Å². The zero-order valence-electron chi connectivity index (χ0n) is 9.36. The fourth-order valence-electron chi connectivity index (χ4n) is 2.25. The number of halogens is 1. The molecular formula is C13H18BrNO. The van der Waals surface area contributed by atoms with E-state index in [-0.39, 0.29) is 6.04 Å². The first-order chi connectivity index (χ1) is 7.75. The molecule has 1 aliphatic rings. The van der Waals surface area contributed by atoms with E-state index in [1.807, 2.05) is 6.07 Å². The van der Waals surface area contributed by atoms with Gasteiger partial charge < -0.3 is 10.5 Å². The van der Waals surface area contributed by atoms with E-state index >= 15 is 0 Å². The molecule has 1 fully saturated rings. The van der Waals surface area contributed by atoms with Gasteiger partial charge in [0.05, 0.1) is 0 Å². The first-order valence-electron chi connectivity index (χ1n) is 5.83. The number of hydrogen-bond acceptors (Lipinski definition) is 2. The maximum atomic E-state index is 6.26. The molecule has 0 radical (unpaired) electrons. The van der Waals surface area contributed by atoms with E-state index in [4.69, 9.17) is 10.5 Å². The highest BCUT2D eigenvalue weighted by Crippen LogP contribution is 2.21. The molecule has 2 N–H and O–H groups in total. The van der Waals surface area contributed by atoms with E-state index in [1.165, 1.54) is 5.56 Å². The van der Waals surface area contributed by atoms with Crippen LogP contribution in [-0.4, -0.2) is 19.3 Å². The molecule has 88 valence electrons. The molecule has 2 rings (SSSR count).